The normalized spacial score (nSPS) is 52.1. The van der Waals surface area contributed by atoms with Crippen LogP contribution in [0.25, 0.3) is 0 Å². The van der Waals surface area contributed by atoms with Gasteiger partial charge in [0.15, 0.2) is 0 Å². The zero-order valence-corrected chi connectivity index (χ0v) is 21.0. The Labute approximate surface area is 194 Å². The topological polar surface area (TPSA) is 57.5 Å². The summed E-state index contributed by atoms with van der Waals surface area (Å²) in [6, 6.07) is 0. The van der Waals surface area contributed by atoms with Gasteiger partial charge in [-0.1, -0.05) is 58.4 Å². The molecule has 0 aliphatic heterocycles. The van der Waals surface area contributed by atoms with Gasteiger partial charge in [-0.25, -0.2) is 0 Å². The predicted octanol–water partition coefficient (Wildman–Crippen LogP) is 6.76. The molecule has 0 bridgehead atoms. The summed E-state index contributed by atoms with van der Waals surface area (Å²) in [4.78, 5) is 12.6. The maximum absolute atomic E-state index is 12.6. The molecule has 5 aliphatic carbocycles. The van der Waals surface area contributed by atoms with Gasteiger partial charge in [0.2, 0.25) is 0 Å². The lowest BCUT2D eigenvalue weighted by Crippen LogP contribution is -2.64. The van der Waals surface area contributed by atoms with Crippen molar-refractivity contribution in [2.75, 3.05) is 0 Å². The van der Waals surface area contributed by atoms with Crippen LogP contribution in [-0.2, 0) is 4.79 Å². The largest absolute Gasteiger partial charge is 0.481 e. The van der Waals surface area contributed by atoms with Crippen LogP contribution in [0.3, 0.4) is 0 Å². The van der Waals surface area contributed by atoms with E-state index in [1.165, 1.54) is 24.0 Å². The number of rotatable bonds is 1. The van der Waals surface area contributed by atoms with Crippen molar-refractivity contribution in [3.63, 3.8) is 0 Å². The number of hydrogen-bond donors (Lipinski definition) is 2. The molecule has 32 heavy (non-hydrogen) atoms. The first-order valence-electron chi connectivity index (χ1n) is 13.1. The number of allylic oxidation sites excluding steroid dienone is 3. The van der Waals surface area contributed by atoms with E-state index in [-0.39, 0.29) is 33.7 Å². The van der Waals surface area contributed by atoms with Gasteiger partial charge in [0.1, 0.15) is 0 Å². The van der Waals surface area contributed by atoms with Gasteiger partial charge in [0, 0.05) is 5.92 Å². The van der Waals surface area contributed by atoms with Crippen molar-refractivity contribution < 1.29 is 15.0 Å². The van der Waals surface area contributed by atoms with E-state index in [9.17, 15) is 15.0 Å². The van der Waals surface area contributed by atoms with E-state index in [4.69, 9.17) is 0 Å². The lowest BCUT2D eigenvalue weighted by Gasteiger charge is -2.70. The van der Waals surface area contributed by atoms with Gasteiger partial charge in [-0.3, -0.25) is 4.79 Å². The Morgan fingerprint density at radius 3 is 2.41 bits per heavy atom. The molecule has 0 aromatic carbocycles. The quantitative estimate of drug-likeness (QED) is 0.443. The number of aliphatic hydroxyl groups excluding tert-OH is 1. The molecule has 3 heteroatoms. The van der Waals surface area contributed by atoms with Crippen molar-refractivity contribution in [1.29, 1.82) is 0 Å². The fourth-order valence-corrected chi connectivity index (χ4v) is 10.2. The van der Waals surface area contributed by atoms with Crippen LogP contribution in [0.15, 0.2) is 23.8 Å². The van der Waals surface area contributed by atoms with E-state index in [1.807, 2.05) is 0 Å². The van der Waals surface area contributed by atoms with Crippen molar-refractivity contribution in [2.24, 2.45) is 44.8 Å². The number of carboxylic acids is 1. The number of hydrogen-bond acceptors (Lipinski definition) is 2. The van der Waals surface area contributed by atoms with Crippen LogP contribution in [0.2, 0.25) is 0 Å². The SMILES string of the molecule is C=C1CC[C@]2(C(=O)O)CC[C@]3(C)C(=CC[C@H]4[C@@]5(C)CC[C@@H](O)C(C)(C)[C@H]5CC[C@]43C)[C@H]2C1. The third-order valence-electron chi connectivity index (χ3n) is 12.5. The van der Waals surface area contributed by atoms with Crippen molar-refractivity contribution in [2.45, 2.75) is 105 Å². The number of aliphatic hydroxyl groups is 1. The molecule has 0 heterocycles. The summed E-state index contributed by atoms with van der Waals surface area (Å²) in [7, 11) is 0. The molecule has 4 saturated carbocycles. The van der Waals surface area contributed by atoms with E-state index in [1.54, 1.807) is 0 Å². The highest BCUT2D eigenvalue weighted by atomic mass is 16.4. The van der Waals surface area contributed by atoms with Gasteiger partial charge in [-0.2, -0.15) is 0 Å². The first kappa shape index (κ1) is 22.7. The summed E-state index contributed by atoms with van der Waals surface area (Å²) >= 11 is 0. The molecule has 3 nitrogen and oxygen atoms in total. The Morgan fingerprint density at radius 2 is 1.72 bits per heavy atom. The second-order valence-corrected chi connectivity index (χ2v) is 13.6. The van der Waals surface area contributed by atoms with Crippen LogP contribution in [-0.4, -0.2) is 22.3 Å². The van der Waals surface area contributed by atoms with Gasteiger partial charge in [0.25, 0.3) is 0 Å². The van der Waals surface area contributed by atoms with E-state index in [0.717, 1.165) is 51.4 Å². The Balaban J connectivity index is 1.60. The summed E-state index contributed by atoms with van der Waals surface area (Å²) in [5.41, 5.74) is 2.55. The second kappa shape index (κ2) is 6.74. The predicted molar refractivity (Wildman–Crippen MR) is 128 cm³/mol. The van der Waals surface area contributed by atoms with E-state index in [2.05, 4.69) is 47.3 Å². The molecule has 178 valence electrons. The molecule has 0 saturated heterocycles. The Bertz CT molecular complexity index is 885. The smallest absolute Gasteiger partial charge is 0.310 e. The molecule has 0 aromatic rings. The van der Waals surface area contributed by atoms with Crippen LogP contribution in [0.5, 0.6) is 0 Å². The fourth-order valence-electron chi connectivity index (χ4n) is 10.2. The molecule has 0 amide bonds. The van der Waals surface area contributed by atoms with E-state index in [0.29, 0.717) is 11.8 Å². The standard InChI is InChI=1S/C29H44O3/c1-18-9-14-29(24(31)32)16-15-27(5)19(20(29)17-18)7-8-22-26(4)12-11-23(30)25(2,3)21(26)10-13-28(22,27)6/h7,20-23,30H,1,8-17H2,2-6H3,(H,31,32)/t20-,21-,22+,23-,26+,27-,28-,29+/m1/s1. The Hall–Kier alpha value is -1.09. The van der Waals surface area contributed by atoms with Gasteiger partial charge in [0.05, 0.1) is 11.5 Å². The summed E-state index contributed by atoms with van der Waals surface area (Å²) in [5.74, 6) is 0.682. The van der Waals surface area contributed by atoms with Gasteiger partial charge < -0.3 is 10.2 Å². The molecule has 2 N–H and O–H groups in total. The number of carbonyl (C=O) groups is 1. The van der Waals surface area contributed by atoms with Gasteiger partial charge in [-0.15, -0.1) is 0 Å². The van der Waals surface area contributed by atoms with Crippen LogP contribution < -0.4 is 0 Å². The molecule has 0 radical (unpaired) electrons. The molecular weight excluding hydrogens is 396 g/mol. The lowest BCUT2D eigenvalue weighted by atomic mass is 9.34. The zero-order valence-electron chi connectivity index (χ0n) is 21.0. The molecule has 5 rings (SSSR count). The molecule has 5 aliphatic rings. The van der Waals surface area contributed by atoms with Crippen molar-refractivity contribution in [3.8, 4) is 0 Å². The van der Waals surface area contributed by atoms with Crippen LogP contribution in [0.4, 0.5) is 0 Å². The molecular formula is C29H44O3. The number of fused-ring (bicyclic) bond motifs is 7. The maximum atomic E-state index is 12.6. The Morgan fingerprint density at radius 1 is 1.00 bits per heavy atom. The fraction of sp³-hybridized carbons (Fsp3) is 0.828. The molecule has 8 atom stereocenters. The van der Waals surface area contributed by atoms with Gasteiger partial charge >= 0.3 is 5.97 Å². The first-order valence-corrected chi connectivity index (χ1v) is 13.1. The summed E-state index contributed by atoms with van der Waals surface area (Å²) in [6.45, 7) is 16.5. The maximum Gasteiger partial charge on any atom is 0.310 e. The average Bonchev–Trinajstić information content (AvgIpc) is 2.71. The van der Waals surface area contributed by atoms with Crippen LogP contribution in [0.1, 0.15) is 98.8 Å². The van der Waals surface area contributed by atoms with E-state index >= 15 is 0 Å². The van der Waals surface area contributed by atoms with Gasteiger partial charge in [-0.05, 0) is 97.7 Å². The zero-order chi connectivity index (χ0) is 23.3. The molecule has 0 aromatic heterocycles. The van der Waals surface area contributed by atoms with Crippen molar-refractivity contribution in [3.05, 3.63) is 23.8 Å². The summed E-state index contributed by atoms with van der Waals surface area (Å²) < 4.78 is 0. The van der Waals surface area contributed by atoms with Crippen molar-refractivity contribution in [1.82, 2.24) is 0 Å². The third kappa shape index (κ3) is 2.55. The third-order valence-corrected chi connectivity index (χ3v) is 12.5. The van der Waals surface area contributed by atoms with Crippen LogP contribution in [0, 0.1) is 44.8 Å². The minimum atomic E-state index is -0.590. The minimum Gasteiger partial charge on any atom is -0.481 e. The Kier molecular flexibility index (Phi) is 4.78. The number of aliphatic carboxylic acids is 1. The lowest BCUT2D eigenvalue weighted by molar-refractivity contribution is -0.203. The minimum absolute atomic E-state index is 0.0363. The van der Waals surface area contributed by atoms with Crippen molar-refractivity contribution >= 4 is 5.97 Å². The molecule has 0 spiro atoms. The number of carboxylic acid groups (broad SMARTS) is 1. The first-order chi connectivity index (χ1) is 14.8. The highest BCUT2D eigenvalue weighted by Gasteiger charge is 2.68. The van der Waals surface area contributed by atoms with E-state index < -0.39 is 11.4 Å². The average molecular weight is 441 g/mol. The summed E-state index contributed by atoms with van der Waals surface area (Å²) in [6.07, 6.45) is 12.0. The highest BCUT2D eigenvalue weighted by Crippen LogP contribution is 2.75. The summed E-state index contributed by atoms with van der Waals surface area (Å²) in [5, 5.41) is 21.2. The molecule has 0 unspecified atom stereocenters. The second-order valence-electron chi connectivity index (χ2n) is 13.6. The van der Waals surface area contributed by atoms with Crippen LogP contribution >= 0.6 is 0 Å². The molecule has 4 fully saturated rings. The highest BCUT2D eigenvalue weighted by molar-refractivity contribution is 5.77. The monoisotopic (exact) mass is 440 g/mol.